The van der Waals surface area contributed by atoms with Crippen LogP contribution in [0.3, 0.4) is 0 Å². The molecule has 4 heteroatoms. The number of fused-ring (bicyclic) bond motifs is 1. The summed E-state index contributed by atoms with van der Waals surface area (Å²) in [5.74, 6) is 1.52. The maximum absolute atomic E-state index is 12.2. The van der Waals surface area contributed by atoms with Gasteiger partial charge in [0.25, 0.3) is 5.91 Å². The molecule has 4 nitrogen and oxygen atoms in total. The lowest BCUT2D eigenvalue weighted by Gasteiger charge is -2.08. The molecule has 22 heavy (non-hydrogen) atoms. The monoisotopic (exact) mass is 297 g/mol. The van der Waals surface area contributed by atoms with Crippen molar-refractivity contribution in [3.05, 3.63) is 58.7 Å². The molecule has 1 N–H and O–H groups in total. The molecule has 0 unspecified atom stereocenters. The number of carbonyl (C=O) groups is 1. The Morgan fingerprint density at radius 3 is 2.55 bits per heavy atom. The van der Waals surface area contributed by atoms with Crippen LogP contribution in [0, 0.1) is 13.8 Å². The van der Waals surface area contributed by atoms with E-state index in [4.69, 9.17) is 9.47 Å². The second kappa shape index (κ2) is 6.10. The Labute approximate surface area is 130 Å². The maximum Gasteiger partial charge on any atom is 0.251 e. The quantitative estimate of drug-likeness (QED) is 0.943. The fraction of sp³-hybridized carbons (Fsp3) is 0.278. The largest absolute Gasteiger partial charge is 0.454 e. The number of hydrogen-bond donors (Lipinski definition) is 1. The first-order chi connectivity index (χ1) is 10.6. The molecule has 0 saturated heterocycles. The summed E-state index contributed by atoms with van der Waals surface area (Å²) in [6.45, 7) is 4.86. The first-order valence-corrected chi connectivity index (χ1v) is 7.37. The van der Waals surface area contributed by atoms with Crippen molar-refractivity contribution in [3.8, 4) is 11.5 Å². The van der Waals surface area contributed by atoms with Gasteiger partial charge in [-0.05, 0) is 50.1 Å². The molecular formula is C18H19NO3. The number of benzene rings is 2. The second-order valence-corrected chi connectivity index (χ2v) is 5.57. The SMILES string of the molecule is Cc1cc(C)cc(C(=O)NCCc2ccc3c(c2)OCO3)c1. The highest BCUT2D eigenvalue weighted by Crippen LogP contribution is 2.32. The van der Waals surface area contributed by atoms with Crippen LogP contribution in [0.4, 0.5) is 0 Å². The van der Waals surface area contributed by atoms with Gasteiger partial charge in [0.15, 0.2) is 11.5 Å². The van der Waals surface area contributed by atoms with Gasteiger partial charge in [-0.25, -0.2) is 0 Å². The predicted molar refractivity (Wildman–Crippen MR) is 84.5 cm³/mol. The molecule has 1 amide bonds. The van der Waals surface area contributed by atoms with Crippen LogP contribution >= 0.6 is 0 Å². The summed E-state index contributed by atoms with van der Waals surface area (Å²) >= 11 is 0. The second-order valence-electron chi connectivity index (χ2n) is 5.57. The third kappa shape index (κ3) is 3.22. The van der Waals surface area contributed by atoms with Crippen molar-refractivity contribution in [2.45, 2.75) is 20.3 Å². The van der Waals surface area contributed by atoms with E-state index in [9.17, 15) is 4.79 Å². The van der Waals surface area contributed by atoms with E-state index in [1.165, 1.54) is 0 Å². The molecule has 0 bridgehead atoms. The zero-order chi connectivity index (χ0) is 15.5. The summed E-state index contributed by atoms with van der Waals surface area (Å²) in [5.41, 5.74) is 4.02. The molecule has 0 fully saturated rings. The summed E-state index contributed by atoms with van der Waals surface area (Å²) in [6, 6.07) is 11.7. The minimum absolute atomic E-state index is 0.0347. The van der Waals surface area contributed by atoms with Gasteiger partial charge in [0.1, 0.15) is 0 Å². The van der Waals surface area contributed by atoms with Crippen molar-refractivity contribution < 1.29 is 14.3 Å². The molecule has 3 rings (SSSR count). The van der Waals surface area contributed by atoms with Crippen LogP contribution in [0.5, 0.6) is 11.5 Å². The number of carbonyl (C=O) groups excluding carboxylic acids is 1. The predicted octanol–water partition coefficient (Wildman–Crippen LogP) is 3.00. The van der Waals surface area contributed by atoms with Crippen LogP contribution < -0.4 is 14.8 Å². The molecule has 2 aromatic rings. The topological polar surface area (TPSA) is 47.6 Å². The zero-order valence-corrected chi connectivity index (χ0v) is 12.8. The molecule has 0 atom stereocenters. The van der Waals surface area contributed by atoms with Crippen molar-refractivity contribution >= 4 is 5.91 Å². The van der Waals surface area contributed by atoms with E-state index in [-0.39, 0.29) is 12.7 Å². The fourth-order valence-corrected chi connectivity index (χ4v) is 2.62. The van der Waals surface area contributed by atoms with Gasteiger partial charge < -0.3 is 14.8 Å². The van der Waals surface area contributed by atoms with Gasteiger partial charge in [-0.3, -0.25) is 4.79 Å². The van der Waals surface area contributed by atoms with E-state index in [1.807, 2.05) is 44.2 Å². The van der Waals surface area contributed by atoms with E-state index in [0.29, 0.717) is 12.1 Å². The van der Waals surface area contributed by atoms with Crippen LogP contribution in [0.25, 0.3) is 0 Å². The van der Waals surface area contributed by atoms with Gasteiger partial charge in [0.2, 0.25) is 6.79 Å². The van der Waals surface area contributed by atoms with E-state index >= 15 is 0 Å². The van der Waals surface area contributed by atoms with Crippen molar-refractivity contribution in [1.29, 1.82) is 0 Å². The molecule has 0 aromatic heterocycles. The molecule has 114 valence electrons. The number of amides is 1. The summed E-state index contributed by atoms with van der Waals surface area (Å²) in [5, 5.41) is 2.96. The molecule has 0 radical (unpaired) electrons. The summed E-state index contributed by atoms with van der Waals surface area (Å²) in [7, 11) is 0. The third-order valence-corrected chi connectivity index (χ3v) is 3.62. The summed E-state index contributed by atoms with van der Waals surface area (Å²) in [4.78, 5) is 12.2. The summed E-state index contributed by atoms with van der Waals surface area (Å²) in [6.07, 6.45) is 0.757. The first kappa shape index (κ1) is 14.4. The Morgan fingerprint density at radius 2 is 1.77 bits per heavy atom. The van der Waals surface area contributed by atoms with Gasteiger partial charge in [0.05, 0.1) is 0 Å². The lowest BCUT2D eigenvalue weighted by Crippen LogP contribution is -2.25. The molecule has 0 spiro atoms. The third-order valence-electron chi connectivity index (χ3n) is 3.62. The van der Waals surface area contributed by atoms with E-state index in [2.05, 4.69) is 11.4 Å². The minimum Gasteiger partial charge on any atom is -0.454 e. The standard InChI is InChI=1S/C18H19NO3/c1-12-7-13(2)9-15(8-12)18(20)19-6-5-14-3-4-16-17(10-14)22-11-21-16/h3-4,7-10H,5-6,11H2,1-2H3,(H,19,20). The van der Waals surface area contributed by atoms with Gasteiger partial charge in [-0.15, -0.1) is 0 Å². The van der Waals surface area contributed by atoms with Gasteiger partial charge in [-0.2, -0.15) is 0 Å². The van der Waals surface area contributed by atoms with Crippen molar-refractivity contribution in [2.24, 2.45) is 0 Å². The lowest BCUT2D eigenvalue weighted by molar-refractivity contribution is 0.0954. The van der Waals surface area contributed by atoms with Crippen LogP contribution in [0.1, 0.15) is 27.0 Å². The highest BCUT2D eigenvalue weighted by molar-refractivity contribution is 5.94. The van der Waals surface area contributed by atoms with Crippen molar-refractivity contribution in [2.75, 3.05) is 13.3 Å². The zero-order valence-electron chi connectivity index (χ0n) is 12.8. The average molecular weight is 297 g/mol. The molecule has 1 heterocycles. The average Bonchev–Trinajstić information content (AvgIpc) is 2.93. The highest BCUT2D eigenvalue weighted by atomic mass is 16.7. The van der Waals surface area contributed by atoms with Gasteiger partial charge in [-0.1, -0.05) is 23.3 Å². The lowest BCUT2D eigenvalue weighted by atomic mass is 10.1. The molecular weight excluding hydrogens is 278 g/mol. The number of aryl methyl sites for hydroxylation is 2. The van der Waals surface area contributed by atoms with E-state index in [0.717, 1.165) is 34.6 Å². The first-order valence-electron chi connectivity index (χ1n) is 7.37. The normalized spacial score (nSPS) is 12.3. The number of nitrogens with one attached hydrogen (secondary N) is 1. The minimum atomic E-state index is -0.0347. The molecule has 1 aliphatic rings. The Balaban J connectivity index is 1.57. The Hall–Kier alpha value is -2.49. The number of rotatable bonds is 4. The molecule has 2 aromatic carbocycles. The van der Waals surface area contributed by atoms with Crippen LogP contribution in [0.2, 0.25) is 0 Å². The van der Waals surface area contributed by atoms with Crippen molar-refractivity contribution in [3.63, 3.8) is 0 Å². The summed E-state index contributed by atoms with van der Waals surface area (Å²) < 4.78 is 10.6. The molecule has 0 saturated carbocycles. The number of hydrogen-bond acceptors (Lipinski definition) is 3. The van der Waals surface area contributed by atoms with Crippen LogP contribution in [0.15, 0.2) is 36.4 Å². The number of ether oxygens (including phenoxy) is 2. The van der Waals surface area contributed by atoms with E-state index < -0.39 is 0 Å². The Bertz CT molecular complexity index is 689. The Kier molecular flexibility index (Phi) is 4.00. The highest BCUT2D eigenvalue weighted by Gasteiger charge is 2.13. The van der Waals surface area contributed by atoms with Crippen molar-refractivity contribution in [1.82, 2.24) is 5.32 Å². The van der Waals surface area contributed by atoms with E-state index in [1.54, 1.807) is 0 Å². The van der Waals surface area contributed by atoms with Crippen LogP contribution in [-0.2, 0) is 6.42 Å². The van der Waals surface area contributed by atoms with Gasteiger partial charge in [0, 0.05) is 12.1 Å². The maximum atomic E-state index is 12.2. The fourth-order valence-electron chi connectivity index (χ4n) is 2.62. The smallest absolute Gasteiger partial charge is 0.251 e. The Morgan fingerprint density at radius 1 is 1.05 bits per heavy atom. The molecule has 0 aliphatic carbocycles. The molecule has 1 aliphatic heterocycles. The van der Waals surface area contributed by atoms with Crippen LogP contribution in [-0.4, -0.2) is 19.2 Å². The van der Waals surface area contributed by atoms with Gasteiger partial charge >= 0.3 is 0 Å².